The molecule has 156 valence electrons. The average molecular weight is 553 g/mol. The summed E-state index contributed by atoms with van der Waals surface area (Å²) in [5.41, 5.74) is 1.57. The third kappa shape index (κ3) is 5.17. The Bertz CT molecular complexity index is 1030. The molecular weight excluding hydrogens is 534 g/mol. The standard InChI is InChI=1S/C22H19Br2NO4S/c1-3-28-20-15(23)10-13(11-16(20)24)12-17-19(26)18(22(27)29-4-2)21(30-17)25-14-8-6-5-7-9-14/h5-12,26H,3-4H2,1-2H3/b17-12-,25-21?. The predicted octanol–water partition coefficient (Wildman–Crippen LogP) is 6.80. The minimum absolute atomic E-state index is 0.0704. The molecule has 5 nitrogen and oxygen atoms in total. The van der Waals surface area contributed by atoms with E-state index in [-0.39, 0.29) is 17.9 Å². The summed E-state index contributed by atoms with van der Waals surface area (Å²) in [6, 6.07) is 13.0. The summed E-state index contributed by atoms with van der Waals surface area (Å²) in [6.45, 7) is 4.38. The molecule has 0 radical (unpaired) electrons. The molecule has 1 heterocycles. The van der Waals surface area contributed by atoms with Gasteiger partial charge in [0.25, 0.3) is 0 Å². The zero-order chi connectivity index (χ0) is 21.7. The minimum Gasteiger partial charge on any atom is -0.506 e. The van der Waals surface area contributed by atoms with Gasteiger partial charge in [-0.05, 0) is 81.6 Å². The molecular formula is C22H19Br2NO4S. The summed E-state index contributed by atoms with van der Waals surface area (Å²) in [4.78, 5) is 17.5. The Morgan fingerprint density at radius 3 is 2.40 bits per heavy atom. The van der Waals surface area contributed by atoms with E-state index in [2.05, 4.69) is 36.9 Å². The number of esters is 1. The van der Waals surface area contributed by atoms with Crippen LogP contribution in [-0.2, 0) is 9.53 Å². The molecule has 0 amide bonds. The molecule has 2 aromatic carbocycles. The van der Waals surface area contributed by atoms with E-state index in [0.29, 0.717) is 28.0 Å². The molecule has 0 saturated heterocycles. The van der Waals surface area contributed by atoms with Crippen molar-refractivity contribution in [1.82, 2.24) is 0 Å². The first-order valence-corrected chi connectivity index (χ1v) is 11.6. The van der Waals surface area contributed by atoms with E-state index >= 15 is 0 Å². The van der Waals surface area contributed by atoms with Crippen LogP contribution in [-0.4, -0.2) is 29.3 Å². The van der Waals surface area contributed by atoms with Gasteiger partial charge in [0.1, 0.15) is 22.1 Å². The molecule has 0 bridgehead atoms. The molecule has 1 aliphatic rings. The van der Waals surface area contributed by atoms with Crippen molar-refractivity contribution in [1.29, 1.82) is 0 Å². The van der Waals surface area contributed by atoms with Crippen LogP contribution in [0.25, 0.3) is 6.08 Å². The van der Waals surface area contributed by atoms with Crippen LogP contribution in [0.3, 0.4) is 0 Å². The first-order valence-electron chi connectivity index (χ1n) is 9.20. The highest BCUT2D eigenvalue weighted by atomic mass is 79.9. The Kier molecular flexibility index (Phi) is 7.80. The van der Waals surface area contributed by atoms with Crippen LogP contribution in [0.4, 0.5) is 5.69 Å². The molecule has 0 atom stereocenters. The van der Waals surface area contributed by atoms with Crippen molar-refractivity contribution in [3.05, 3.63) is 73.2 Å². The molecule has 0 aromatic heterocycles. The molecule has 0 spiro atoms. The molecule has 8 heteroatoms. The number of rotatable bonds is 6. The molecule has 30 heavy (non-hydrogen) atoms. The molecule has 1 N–H and O–H groups in total. The number of benzene rings is 2. The maximum Gasteiger partial charge on any atom is 0.344 e. The summed E-state index contributed by atoms with van der Waals surface area (Å²) in [5.74, 6) is -0.0408. The molecule has 2 aromatic rings. The maximum atomic E-state index is 12.5. The Labute approximate surface area is 196 Å². The largest absolute Gasteiger partial charge is 0.506 e. The number of aliphatic hydroxyl groups is 1. The maximum absolute atomic E-state index is 12.5. The van der Waals surface area contributed by atoms with Crippen molar-refractivity contribution in [2.24, 2.45) is 4.99 Å². The highest BCUT2D eigenvalue weighted by Crippen LogP contribution is 2.42. The van der Waals surface area contributed by atoms with Gasteiger partial charge in [0.05, 0.1) is 32.8 Å². The van der Waals surface area contributed by atoms with Crippen molar-refractivity contribution >= 4 is 66.4 Å². The molecule has 3 rings (SSSR count). The van der Waals surface area contributed by atoms with Gasteiger partial charge in [-0.1, -0.05) is 30.0 Å². The first kappa shape index (κ1) is 22.7. The van der Waals surface area contributed by atoms with E-state index in [1.54, 1.807) is 13.0 Å². The smallest absolute Gasteiger partial charge is 0.344 e. The Balaban J connectivity index is 2.03. The monoisotopic (exact) mass is 551 g/mol. The summed E-state index contributed by atoms with van der Waals surface area (Å²) in [5, 5.41) is 11.2. The average Bonchev–Trinajstić information content (AvgIpc) is 3.00. The van der Waals surface area contributed by atoms with Gasteiger partial charge in [-0.3, -0.25) is 0 Å². The zero-order valence-electron chi connectivity index (χ0n) is 16.3. The Morgan fingerprint density at radius 2 is 1.80 bits per heavy atom. The number of carbonyl (C=O) groups is 1. The van der Waals surface area contributed by atoms with Crippen molar-refractivity contribution in [2.75, 3.05) is 13.2 Å². The highest BCUT2D eigenvalue weighted by molar-refractivity contribution is 9.11. The summed E-state index contributed by atoms with van der Waals surface area (Å²) in [7, 11) is 0. The summed E-state index contributed by atoms with van der Waals surface area (Å²) >= 11 is 8.24. The fraction of sp³-hybridized carbons (Fsp3) is 0.182. The van der Waals surface area contributed by atoms with Gasteiger partial charge in [-0.2, -0.15) is 0 Å². The lowest BCUT2D eigenvalue weighted by molar-refractivity contribution is -0.138. The molecule has 0 unspecified atom stereocenters. The first-order chi connectivity index (χ1) is 14.4. The number of halogens is 2. The quantitative estimate of drug-likeness (QED) is 0.399. The van der Waals surface area contributed by atoms with Gasteiger partial charge in [0, 0.05) is 0 Å². The number of aliphatic hydroxyl groups excluding tert-OH is 1. The van der Waals surface area contributed by atoms with Crippen molar-refractivity contribution < 1.29 is 19.4 Å². The SMILES string of the molecule is CCOC(=O)C1=C(O)/C(=C/c2cc(Br)c(OCC)c(Br)c2)SC1=Nc1ccccc1. The Morgan fingerprint density at radius 1 is 1.13 bits per heavy atom. The van der Waals surface area contributed by atoms with Crippen LogP contribution in [0.1, 0.15) is 19.4 Å². The topological polar surface area (TPSA) is 68.1 Å². The third-order valence-electron chi connectivity index (χ3n) is 3.96. The fourth-order valence-electron chi connectivity index (χ4n) is 2.71. The van der Waals surface area contributed by atoms with Crippen molar-refractivity contribution in [3.8, 4) is 5.75 Å². The van der Waals surface area contributed by atoms with Gasteiger partial charge in [0.15, 0.2) is 0 Å². The Hall–Kier alpha value is -2.03. The normalized spacial score (nSPS) is 16.4. The zero-order valence-corrected chi connectivity index (χ0v) is 20.3. The van der Waals surface area contributed by atoms with Gasteiger partial charge in [-0.15, -0.1) is 0 Å². The van der Waals surface area contributed by atoms with E-state index in [1.807, 2.05) is 49.4 Å². The van der Waals surface area contributed by atoms with Crippen LogP contribution < -0.4 is 4.74 Å². The van der Waals surface area contributed by atoms with Crippen LogP contribution in [0.15, 0.2) is 72.6 Å². The summed E-state index contributed by atoms with van der Waals surface area (Å²) in [6.07, 6.45) is 1.79. The number of hydrogen-bond acceptors (Lipinski definition) is 6. The van der Waals surface area contributed by atoms with Gasteiger partial charge < -0.3 is 14.6 Å². The van der Waals surface area contributed by atoms with Crippen molar-refractivity contribution in [2.45, 2.75) is 13.8 Å². The highest BCUT2D eigenvalue weighted by Gasteiger charge is 2.33. The number of carbonyl (C=O) groups excluding carboxylic acids is 1. The number of nitrogens with zero attached hydrogens (tertiary/aromatic N) is 1. The molecule has 0 saturated carbocycles. The predicted molar refractivity (Wildman–Crippen MR) is 128 cm³/mol. The summed E-state index contributed by atoms with van der Waals surface area (Å²) < 4.78 is 12.3. The molecule has 0 aliphatic carbocycles. The second-order valence-electron chi connectivity index (χ2n) is 6.05. The lowest BCUT2D eigenvalue weighted by atomic mass is 10.1. The van der Waals surface area contributed by atoms with E-state index in [1.165, 1.54) is 11.8 Å². The van der Waals surface area contributed by atoms with E-state index < -0.39 is 5.97 Å². The number of para-hydroxylation sites is 1. The van der Waals surface area contributed by atoms with E-state index in [0.717, 1.165) is 14.5 Å². The number of ether oxygens (including phenoxy) is 2. The second kappa shape index (κ2) is 10.3. The van der Waals surface area contributed by atoms with Gasteiger partial charge >= 0.3 is 5.97 Å². The van der Waals surface area contributed by atoms with Crippen LogP contribution in [0, 0.1) is 0 Å². The molecule has 0 fully saturated rings. The van der Waals surface area contributed by atoms with E-state index in [4.69, 9.17) is 9.47 Å². The minimum atomic E-state index is -0.602. The third-order valence-corrected chi connectivity index (χ3v) is 6.16. The fourth-order valence-corrected chi connectivity index (χ4v) is 5.19. The number of aliphatic imine (C=N–C) groups is 1. The van der Waals surface area contributed by atoms with Gasteiger partial charge in [-0.25, -0.2) is 9.79 Å². The van der Waals surface area contributed by atoms with Crippen molar-refractivity contribution in [3.63, 3.8) is 0 Å². The lowest BCUT2D eigenvalue weighted by Gasteiger charge is -2.09. The van der Waals surface area contributed by atoms with Crippen LogP contribution in [0.5, 0.6) is 5.75 Å². The number of hydrogen-bond donors (Lipinski definition) is 1. The van der Waals surface area contributed by atoms with Crippen LogP contribution in [0.2, 0.25) is 0 Å². The molecule has 1 aliphatic heterocycles. The van der Waals surface area contributed by atoms with Crippen LogP contribution >= 0.6 is 43.6 Å². The number of thioether (sulfide) groups is 1. The van der Waals surface area contributed by atoms with E-state index in [9.17, 15) is 9.90 Å². The lowest BCUT2D eigenvalue weighted by Crippen LogP contribution is -2.12. The van der Waals surface area contributed by atoms with Gasteiger partial charge in [0.2, 0.25) is 0 Å². The second-order valence-corrected chi connectivity index (χ2v) is 8.79.